The molecule has 2 aromatic rings. The highest BCUT2D eigenvalue weighted by molar-refractivity contribution is 5.78. The van der Waals surface area contributed by atoms with E-state index < -0.39 is 0 Å². The van der Waals surface area contributed by atoms with Crippen LogP contribution in [0.5, 0.6) is 0 Å². The van der Waals surface area contributed by atoms with Gasteiger partial charge in [0.15, 0.2) is 0 Å². The normalized spacial score (nSPS) is 15.8. The highest BCUT2D eigenvalue weighted by Crippen LogP contribution is 2.20. The molecule has 1 N–H and O–H groups in total. The number of hydrogen-bond acceptors (Lipinski definition) is 4. The smallest absolute Gasteiger partial charge is 0.236 e. The first-order valence-electron chi connectivity index (χ1n) is 9.84. The maximum Gasteiger partial charge on any atom is 0.236 e. The molecule has 1 atom stereocenters. The summed E-state index contributed by atoms with van der Waals surface area (Å²) in [6.45, 7) is 6.06. The Hall–Kier alpha value is -2.68. The van der Waals surface area contributed by atoms with Crippen LogP contribution >= 0.6 is 0 Å². The monoisotopic (exact) mass is 376 g/mol. The van der Waals surface area contributed by atoms with Crippen molar-refractivity contribution < 1.29 is 4.79 Å². The van der Waals surface area contributed by atoms with E-state index in [-0.39, 0.29) is 11.9 Å². The molecule has 0 bridgehead atoms. The Morgan fingerprint density at radius 2 is 1.61 bits per heavy atom. The van der Waals surface area contributed by atoms with Gasteiger partial charge < -0.3 is 15.1 Å². The molecule has 0 aromatic heterocycles. The van der Waals surface area contributed by atoms with E-state index in [0.717, 1.165) is 43.7 Å². The standard InChI is InChI=1S/C23H28N4O/c1-18(25-17-23(28)27-13-11-26(2)12-14-27)15-19-3-7-21(8-4-19)22-9-5-20(16-24)6-10-22/h3-10,18,25H,11-15,17H2,1-2H3/t18-/m0/s1. The summed E-state index contributed by atoms with van der Waals surface area (Å²) in [7, 11) is 2.09. The van der Waals surface area contributed by atoms with Gasteiger partial charge in [0.25, 0.3) is 0 Å². The van der Waals surface area contributed by atoms with E-state index in [0.29, 0.717) is 12.1 Å². The van der Waals surface area contributed by atoms with Crippen molar-refractivity contribution in [2.45, 2.75) is 19.4 Å². The largest absolute Gasteiger partial charge is 0.339 e. The van der Waals surface area contributed by atoms with E-state index >= 15 is 0 Å². The maximum absolute atomic E-state index is 12.3. The van der Waals surface area contributed by atoms with Crippen molar-refractivity contribution in [1.29, 1.82) is 5.26 Å². The number of nitriles is 1. The minimum absolute atomic E-state index is 0.191. The number of likely N-dealkylation sites (N-methyl/N-ethyl adjacent to an activating group) is 1. The molecule has 0 saturated carbocycles. The number of amides is 1. The van der Waals surface area contributed by atoms with Crippen molar-refractivity contribution in [3.8, 4) is 17.2 Å². The third-order valence-corrected chi connectivity index (χ3v) is 5.30. The number of nitrogens with zero attached hydrogens (tertiary/aromatic N) is 3. The number of rotatable bonds is 6. The van der Waals surface area contributed by atoms with E-state index in [4.69, 9.17) is 5.26 Å². The van der Waals surface area contributed by atoms with Crippen LogP contribution in [0.15, 0.2) is 48.5 Å². The minimum Gasteiger partial charge on any atom is -0.339 e. The molecule has 3 rings (SSSR count). The van der Waals surface area contributed by atoms with Gasteiger partial charge in [-0.3, -0.25) is 4.79 Å². The van der Waals surface area contributed by atoms with E-state index in [9.17, 15) is 4.79 Å². The molecule has 5 nitrogen and oxygen atoms in total. The molecule has 1 saturated heterocycles. The first kappa shape index (κ1) is 20.1. The van der Waals surface area contributed by atoms with Crippen molar-refractivity contribution in [2.24, 2.45) is 0 Å². The van der Waals surface area contributed by atoms with Gasteiger partial charge in [0.05, 0.1) is 18.2 Å². The summed E-state index contributed by atoms with van der Waals surface area (Å²) in [5.74, 6) is 0.191. The van der Waals surface area contributed by atoms with Crippen molar-refractivity contribution in [2.75, 3.05) is 39.8 Å². The molecule has 146 valence electrons. The Bertz CT molecular complexity index is 815. The maximum atomic E-state index is 12.3. The second-order valence-corrected chi connectivity index (χ2v) is 7.56. The van der Waals surface area contributed by atoms with Gasteiger partial charge in [0, 0.05) is 32.2 Å². The fourth-order valence-electron chi connectivity index (χ4n) is 3.43. The number of piperazine rings is 1. The summed E-state index contributed by atoms with van der Waals surface area (Å²) in [5, 5.41) is 12.3. The Morgan fingerprint density at radius 3 is 2.18 bits per heavy atom. The van der Waals surface area contributed by atoms with Crippen LogP contribution in [-0.2, 0) is 11.2 Å². The molecule has 5 heteroatoms. The van der Waals surface area contributed by atoms with Crippen LogP contribution in [0.25, 0.3) is 11.1 Å². The first-order chi connectivity index (χ1) is 13.5. The second-order valence-electron chi connectivity index (χ2n) is 7.56. The zero-order valence-electron chi connectivity index (χ0n) is 16.7. The topological polar surface area (TPSA) is 59.4 Å². The van der Waals surface area contributed by atoms with Crippen molar-refractivity contribution in [3.05, 3.63) is 59.7 Å². The lowest BCUT2D eigenvalue weighted by molar-refractivity contribution is -0.131. The molecule has 1 heterocycles. The number of hydrogen-bond donors (Lipinski definition) is 1. The predicted octanol–water partition coefficient (Wildman–Crippen LogP) is 2.52. The Kier molecular flexibility index (Phi) is 6.80. The molecule has 1 aliphatic rings. The van der Waals surface area contributed by atoms with Crippen LogP contribution in [0.1, 0.15) is 18.1 Å². The van der Waals surface area contributed by atoms with Gasteiger partial charge in [0.2, 0.25) is 5.91 Å². The van der Waals surface area contributed by atoms with Crippen LogP contribution in [0.3, 0.4) is 0 Å². The van der Waals surface area contributed by atoms with Crippen molar-refractivity contribution in [3.63, 3.8) is 0 Å². The van der Waals surface area contributed by atoms with E-state index in [1.54, 1.807) is 0 Å². The molecule has 1 fully saturated rings. The van der Waals surface area contributed by atoms with Gasteiger partial charge in [0.1, 0.15) is 0 Å². The number of nitrogens with one attached hydrogen (secondary N) is 1. The SMILES string of the molecule is C[C@@H](Cc1ccc(-c2ccc(C#N)cc2)cc1)NCC(=O)N1CCN(C)CC1. The van der Waals surface area contributed by atoms with Gasteiger partial charge in [-0.15, -0.1) is 0 Å². The molecule has 0 spiro atoms. The average Bonchev–Trinajstić information content (AvgIpc) is 2.73. The lowest BCUT2D eigenvalue weighted by atomic mass is 10.0. The summed E-state index contributed by atoms with van der Waals surface area (Å²) >= 11 is 0. The fourth-order valence-corrected chi connectivity index (χ4v) is 3.43. The average molecular weight is 377 g/mol. The van der Waals surface area contributed by atoms with Gasteiger partial charge >= 0.3 is 0 Å². The van der Waals surface area contributed by atoms with Crippen molar-refractivity contribution in [1.82, 2.24) is 15.1 Å². The lowest BCUT2D eigenvalue weighted by Crippen LogP contribution is -2.50. The quantitative estimate of drug-likeness (QED) is 0.842. The highest BCUT2D eigenvalue weighted by atomic mass is 16.2. The Morgan fingerprint density at radius 1 is 1.04 bits per heavy atom. The summed E-state index contributed by atoms with van der Waals surface area (Å²) < 4.78 is 0. The molecule has 0 aliphatic carbocycles. The van der Waals surface area contributed by atoms with Gasteiger partial charge in [-0.05, 0) is 49.2 Å². The third-order valence-electron chi connectivity index (χ3n) is 5.30. The lowest BCUT2D eigenvalue weighted by Gasteiger charge is -2.32. The van der Waals surface area contributed by atoms with Crippen LogP contribution in [0, 0.1) is 11.3 Å². The first-order valence-corrected chi connectivity index (χ1v) is 9.84. The number of benzene rings is 2. The third kappa shape index (κ3) is 5.41. The molecule has 0 unspecified atom stereocenters. The highest BCUT2D eigenvalue weighted by Gasteiger charge is 2.19. The van der Waals surface area contributed by atoms with Crippen molar-refractivity contribution >= 4 is 5.91 Å². The summed E-state index contributed by atoms with van der Waals surface area (Å²) in [5.41, 5.74) is 4.16. The van der Waals surface area contributed by atoms with Gasteiger partial charge in [-0.2, -0.15) is 5.26 Å². The van der Waals surface area contributed by atoms with E-state index in [1.165, 1.54) is 5.56 Å². The zero-order chi connectivity index (χ0) is 19.9. The van der Waals surface area contributed by atoms with Gasteiger partial charge in [-0.1, -0.05) is 36.4 Å². The fraction of sp³-hybridized carbons (Fsp3) is 0.391. The molecular weight excluding hydrogens is 348 g/mol. The molecule has 1 amide bonds. The molecule has 28 heavy (non-hydrogen) atoms. The summed E-state index contributed by atoms with van der Waals surface area (Å²) in [6, 6.07) is 18.5. The molecular formula is C23H28N4O. The van der Waals surface area contributed by atoms with Crippen LogP contribution < -0.4 is 5.32 Å². The summed E-state index contributed by atoms with van der Waals surface area (Å²) in [4.78, 5) is 16.5. The van der Waals surface area contributed by atoms with E-state index in [1.807, 2.05) is 29.2 Å². The molecule has 2 aromatic carbocycles. The molecule has 0 radical (unpaired) electrons. The van der Waals surface area contributed by atoms with E-state index in [2.05, 4.69) is 54.5 Å². The van der Waals surface area contributed by atoms with Crippen LogP contribution in [0.2, 0.25) is 0 Å². The number of carbonyl (C=O) groups excluding carboxylic acids is 1. The second kappa shape index (κ2) is 9.50. The van der Waals surface area contributed by atoms with Crippen LogP contribution in [-0.4, -0.2) is 61.5 Å². The van der Waals surface area contributed by atoms with Gasteiger partial charge in [-0.25, -0.2) is 0 Å². The Balaban J connectivity index is 1.48. The van der Waals surface area contributed by atoms with Crippen LogP contribution in [0.4, 0.5) is 0 Å². The Labute approximate surface area is 167 Å². The summed E-state index contributed by atoms with van der Waals surface area (Å²) in [6.07, 6.45) is 0.879. The predicted molar refractivity (Wildman–Crippen MR) is 112 cm³/mol. The minimum atomic E-state index is 0.191. The number of carbonyl (C=O) groups is 1. The zero-order valence-corrected chi connectivity index (χ0v) is 16.7. The molecule has 1 aliphatic heterocycles.